The zero-order valence-electron chi connectivity index (χ0n) is 17.5. The fourth-order valence-electron chi connectivity index (χ4n) is 3.80. The molecule has 31 heavy (non-hydrogen) atoms. The van der Waals surface area contributed by atoms with E-state index in [1.165, 1.54) is 14.2 Å². The normalized spacial score (nSPS) is 13.7. The second-order valence-electron chi connectivity index (χ2n) is 7.30. The summed E-state index contributed by atoms with van der Waals surface area (Å²) in [4.78, 5) is 4.49. The van der Waals surface area contributed by atoms with Crippen molar-refractivity contribution < 1.29 is 23.4 Å². The standard InChI is InChI=1S/C23H23F2N3O3/c1-4-7-28-12-14(11-27-28)13-8-16-15(5-6-17(16)26-10-13)23(29)20-21(24)18(30-2)9-19(31-3)22(20)25/h5,8-12,23,29H,4,6-7H2,1-3H3. The molecule has 1 aliphatic rings. The molecule has 6 nitrogen and oxygen atoms in total. The second kappa shape index (κ2) is 8.47. The fraction of sp³-hybridized carbons (Fsp3) is 0.304. The quantitative estimate of drug-likeness (QED) is 0.608. The van der Waals surface area contributed by atoms with E-state index < -0.39 is 23.3 Å². The molecule has 1 atom stereocenters. The van der Waals surface area contributed by atoms with Gasteiger partial charge in [0.25, 0.3) is 0 Å². The van der Waals surface area contributed by atoms with Gasteiger partial charge in [0.05, 0.1) is 31.7 Å². The number of allylic oxidation sites excluding steroid dienone is 1. The number of pyridine rings is 1. The summed E-state index contributed by atoms with van der Waals surface area (Å²) in [5, 5.41) is 15.3. The van der Waals surface area contributed by atoms with Crippen LogP contribution in [0.2, 0.25) is 0 Å². The molecular formula is C23H23F2N3O3. The number of halogens is 2. The predicted molar refractivity (Wildman–Crippen MR) is 112 cm³/mol. The van der Waals surface area contributed by atoms with Gasteiger partial charge in [-0.3, -0.25) is 9.67 Å². The lowest BCUT2D eigenvalue weighted by molar-refractivity contribution is 0.221. The zero-order valence-corrected chi connectivity index (χ0v) is 17.5. The minimum absolute atomic E-state index is 0.207. The maximum Gasteiger partial charge on any atom is 0.174 e. The Labute approximate surface area is 178 Å². The van der Waals surface area contributed by atoms with Crippen LogP contribution in [0.5, 0.6) is 11.5 Å². The topological polar surface area (TPSA) is 69.4 Å². The van der Waals surface area contributed by atoms with Crippen molar-refractivity contribution in [3.05, 3.63) is 65.3 Å². The third-order valence-corrected chi connectivity index (χ3v) is 5.39. The van der Waals surface area contributed by atoms with Gasteiger partial charge in [0.1, 0.15) is 6.10 Å². The number of aromatic nitrogens is 3. The number of aliphatic hydroxyl groups excluding tert-OH is 1. The zero-order chi connectivity index (χ0) is 22.1. The molecule has 0 saturated heterocycles. The summed E-state index contributed by atoms with van der Waals surface area (Å²) in [6, 6.07) is 2.98. The molecule has 0 bridgehead atoms. The number of hydrogen-bond donors (Lipinski definition) is 1. The van der Waals surface area contributed by atoms with Crippen LogP contribution in [-0.4, -0.2) is 34.1 Å². The highest BCUT2D eigenvalue weighted by atomic mass is 19.1. The molecule has 0 fully saturated rings. The predicted octanol–water partition coefficient (Wildman–Crippen LogP) is 4.32. The average molecular weight is 427 g/mol. The molecule has 3 aromatic rings. The number of fused-ring (bicyclic) bond motifs is 1. The highest BCUT2D eigenvalue weighted by molar-refractivity contribution is 5.79. The number of methoxy groups -OCH3 is 2. The molecule has 162 valence electrons. The maximum atomic E-state index is 14.9. The molecular weight excluding hydrogens is 404 g/mol. The van der Waals surface area contributed by atoms with Gasteiger partial charge in [0.2, 0.25) is 0 Å². The van der Waals surface area contributed by atoms with Crippen molar-refractivity contribution in [1.82, 2.24) is 14.8 Å². The van der Waals surface area contributed by atoms with E-state index in [9.17, 15) is 13.9 Å². The van der Waals surface area contributed by atoms with Gasteiger partial charge < -0.3 is 14.6 Å². The molecule has 1 aromatic carbocycles. The molecule has 0 aliphatic heterocycles. The first-order chi connectivity index (χ1) is 15.0. The Morgan fingerprint density at radius 2 is 1.81 bits per heavy atom. The van der Waals surface area contributed by atoms with E-state index in [0.717, 1.165) is 35.9 Å². The minimum atomic E-state index is -1.55. The number of benzene rings is 1. The molecule has 1 N–H and O–H groups in total. The first-order valence-corrected chi connectivity index (χ1v) is 9.98. The van der Waals surface area contributed by atoms with Gasteiger partial charge in [-0.1, -0.05) is 13.0 Å². The van der Waals surface area contributed by atoms with Crippen molar-refractivity contribution >= 4 is 5.57 Å². The third-order valence-electron chi connectivity index (χ3n) is 5.39. The van der Waals surface area contributed by atoms with Gasteiger partial charge in [-0.2, -0.15) is 5.10 Å². The summed E-state index contributed by atoms with van der Waals surface area (Å²) in [6.45, 7) is 2.88. The number of aliphatic hydroxyl groups is 1. The van der Waals surface area contributed by atoms with E-state index in [0.29, 0.717) is 17.6 Å². The van der Waals surface area contributed by atoms with Gasteiger partial charge in [0, 0.05) is 48.1 Å². The summed E-state index contributed by atoms with van der Waals surface area (Å²) in [5.41, 5.74) is 2.94. The molecule has 0 spiro atoms. The van der Waals surface area contributed by atoms with Crippen molar-refractivity contribution in [2.24, 2.45) is 0 Å². The summed E-state index contributed by atoms with van der Waals surface area (Å²) in [6.07, 6.45) is 7.02. The van der Waals surface area contributed by atoms with Crippen molar-refractivity contribution in [2.75, 3.05) is 14.2 Å². The molecule has 2 heterocycles. The summed E-state index contributed by atoms with van der Waals surface area (Å²) in [7, 11) is 2.54. The molecule has 8 heteroatoms. The number of rotatable bonds is 7. The van der Waals surface area contributed by atoms with Crippen LogP contribution in [0.25, 0.3) is 16.7 Å². The van der Waals surface area contributed by atoms with Crippen LogP contribution in [0.3, 0.4) is 0 Å². The molecule has 0 saturated carbocycles. The molecule has 1 unspecified atom stereocenters. The number of hydrogen-bond acceptors (Lipinski definition) is 5. The van der Waals surface area contributed by atoms with Crippen LogP contribution in [0.15, 0.2) is 36.8 Å². The number of ether oxygens (including phenoxy) is 2. The average Bonchev–Trinajstić information content (AvgIpc) is 3.41. The molecule has 0 radical (unpaired) electrons. The van der Waals surface area contributed by atoms with Crippen LogP contribution in [-0.2, 0) is 13.0 Å². The second-order valence-corrected chi connectivity index (χ2v) is 7.30. The van der Waals surface area contributed by atoms with Crippen LogP contribution >= 0.6 is 0 Å². The van der Waals surface area contributed by atoms with Gasteiger partial charge in [0.15, 0.2) is 23.1 Å². The first kappa shape index (κ1) is 21.0. The van der Waals surface area contributed by atoms with Crippen molar-refractivity contribution in [1.29, 1.82) is 0 Å². The fourth-order valence-corrected chi connectivity index (χ4v) is 3.80. The lowest BCUT2D eigenvalue weighted by atomic mass is 9.95. The van der Waals surface area contributed by atoms with Crippen LogP contribution < -0.4 is 9.47 Å². The lowest BCUT2D eigenvalue weighted by Gasteiger charge is -2.19. The molecule has 1 aliphatic carbocycles. The van der Waals surface area contributed by atoms with Crippen LogP contribution in [0, 0.1) is 11.6 Å². The smallest absolute Gasteiger partial charge is 0.174 e. The van der Waals surface area contributed by atoms with E-state index in [1.807, 2.05) is 16.9 Å². The Morgan fingerprint density at radius 3 is 2.45 bits per heavy atom. The monoisotopic (exact) mass is 427 g/mol. The summed E-state index contributed by atoms with van der Waals surface area (Å²) < 4.78 is 41.7. The van der Waals surface area contributed by atoms with Gasteiger partial charge >= 0.3 is 0 Å². The largest absolute Gasteiger partial charge is 0.494 e. The van der Waals surface area contributed by atoms with Crippen molar-refractivity contribution in [2.45, 2.75) is 32.4 Å². The summed E-state index contributed by atoms with van der Waals surface area (Å²) >= 11 is 0. The van der Waals surface area contributed by atoms with E-state index in [4.69, 9.17) is 9.47 Å². The maximum absolute atomic E-state index is 14.9. The SMILES string of the molecule is CCCn1cc(-c2cnc3c(c2)C(C(O)c2c(F)c(OC)cc(OC)c2F)=CC3)cn1. The van der Waals surface area contributed by atoms with Crippen LogP contribution in [0.1, 0.15) is 36.3 Å². The third kappa shape index (κ3) is 3.67. The van der Waals surface area contributed by atoms with Crippen molar-refractivity contribution in [3.63, 3.8) is 0 Å². The highest BCUT2D eigenvalue weighted by Crippen LogP contribution is 2.42. The van der Waals surface area contributed by atoms with Gasteiger partial charge in [-0.05, 0) is 18.1 Å². The first-order valence-electron chi connectivity index (χ1n) is 9.98. The van der Waals surface area contributed by atoms with Crippen molar-refractivity contribution in [3.8, 4) is 22.6 Å². The number of nitrogens with zero attached hydrogens (tertiary/aromatic N) is 3. The minimum Gasteiger partial charge on any atom is -0.494 e. The molecule has 0 amide bonds. The Balaban J connectivity index is 1.74. The van der Waals surface area contributed by atoms with E-state index in [2.05, 4.69) is 17.0 Å². The van der Waals surface area contributed by atoms with E-state index >= 15 is 0 Å². The Kier molecular flexibility index (Phi) is 5.73. The molecule has 4 rings (SSSR count). The van der Waals surface area contributed by atoms with Gasteiger partial charge in [-0.25, -0.2) is 8.78 Å². The highest BCUT2D eigenvalue weighted by Gasteiger charge is 2.31. The summed E-state index contributed by atoms with van der Waals surface area (Å²) in [5.74, 6) is -2.34. The number of aryl methyl sites for hydroxylation is 1. The lowest BCUT2D eigenvalue weighted by Crippen LogP contribution is -2.09. The Bertz CT molecular complexity index is 1130. The van der Waals surface area contributed by atoms with E-state index in [1.54, 1.807) is 18.5 Å². The molecule has 2 aromatic heterocycles. The Hall–Kier alpha value is -3.26. The van der Waals surface area contributed by atoms with E-state index in [-0.39, 0.29) is 11.5 Å². The van der Waals surface area contributed by atoms with Crippen LogP contribution in [0.4, 0.5) is 8.78 Å². The Morgan fingerprint density at radius 1 is 1.10 bits per heavy atom. The van der Waals surface area contributed by atoms with Gasteiger partial charge in [-0.15, -0.1) is 0 Å².